The molecule has 0 heterocycles. The minimum atomic E-state index is -0.510. The fourth-order valence-electron chi connectivity index (χ4n) is 1.43. The van der Waals surface area contributed by atoms with Crippen molar-refractivity contribution < 1.29 is 14.9 Å². The molecule has 0 fully saturated rings. The smallest absolute Gasteiger partial charge is 0.178 e. The Balaban J connectivity index is 3.15. The number of rotatable bonds is 3. The highest BCUT2D eigenvalue weighted by Gasteiger charge is 2.11. The van der Waals surface area contributed by atoms with Crippen LogP contribution in [0.3, 0.4) is 0 Å². The van der Waals surface area contributed by atoms with Gasteiger partial charge in [-0.3, -0.25) is 0 Å². The van der Waals surface area contributed by atoms with Gasteiger partial charge in [0.2, 0.25) is 0 Å². The van der Waals surface area contributed by atoms with Gasteiger partial charge in [-0.1, -0.05) is 0 Å². The molecule has 0 radical (unpaired) electrons. The number of methoxy groups -OCH3 is 1. The minimum absolute atomic E-state index is 0.0767. The molecule has 4 heteroatoms. The lowest BCUT2D eigenvalue weighted by Crippen LogP contribution is -2.04. The van der Waals surface area contributed by atoms with Crippen LogP contribution in [0, 0.1) is 11.3 Å². The summed E-state index contributed by atoms with van der Waals surface area (Å²) in [6.45, 7) is 1.65. The molecular formula is C11H13NO3. The monoisotopic (exact) mass is 207 g/mol. The predicted octanol–water partition coefficient (Wildman–Crippen LogP) is 1.20. The van der Waals surface area contributed by atoms with Crippen molar-refractivity contribution in [2.24, 2.45) is 0 Å². The molecule has 0 amide bonds. The summed E-state index contributed by atoms with van der Waals surface area (Å²) < 4.78 is 4.89. The lowest BCUT2D eigenvalue weighted by molar-refractivity contribution is 0.195. The number of nitrogens with zero attached hydrogens (tertiary/aromatic N) is 1. The van der Waals surface area contributed by atoms with Crippen molar-refractivity contribution >= 4 is 0 Å². The van der Waals surface area contributed by atoms with Gasteiger partial charge in [0.1, 0.15) is 6.07 Å². The van der Waals surface area contributed by atoms with Crippen molar-refractivity contribution in [3.8, 4) is 17.6 Å². The zero-order valence-electron chi connectivity index (χ0n) is 8.69. The quantitative estimate of drug-likeness (QED) is 0.781. The number of phenols is 1. The van der Waals surface area contributed by atoms with Crippen molar-refractivity contribution in [1.29, 1.82) is 5.26 Å². The number of benzene rings is 1. The van der Waals surface area contributed by atoms with Crippen LogP contribution in [0.5, 0.6) is 11.5 Å². The molecular weight excluding hydrogens is 194 g/mol. The second kappa shape index (κ2) is 4.67. The third kappa shape index (κ3) is 2.61. The van der Waals surface area contributed by atoms with Gasteiger partial charge in [-0.25, -0.2) is 0 Å². The molecule has 1 aromatic carbocycles. The van der Waals surface area contributed by atoms with Crippen LogP contribution in [0.2, 0.25) is 0 Å². The molecule has 1 rings (SSSR count). The van der Waals surface area contributed by atoms with E-state index in [1.807, 2.05) is 6.07 Å². The van der Waals surface area contributed by atoms with Crippen molar-refractivity contribution in [1.82, 2.24) is 0 Å². The highest BCUT2D eigenvalue weighted by molar-refractivity contribution is 5.54. The molecule has 0 aliphatic carbocycles. The van der Waals surface area contributed by atoms with Gasteiger partial charge in [0.25, 0.3) is 0 Å². The summed E-state index contributed by atoms with van der Waals surface area (Å²) in [5.74, 6) is 0.0963. The summed E-state index contributed by atoms with van der Waals surface area (Å²) in [5, 5.41) is 27.6. The first-order valence-corrected chi connectivity index (χ1v) is 4.56. The standard InChI is InChI=1S/C11H13NO3/c1-7(13)3-8-4-9(6-12)11(15-2)10(14)5-8/h4-5,7,13-14H,3H2,1-2H3. The van der Waals surface area contributed by atoms with Crippen molar-refractivity contribution in [2.45, 2.75) is 19.4 Å². The Morgan fingerprint density at radius 3 is 2.67 bits per heavy atom. The van der Waals surface area contributed by atoms with Crippen LogP contribution in [-0.2, 0) is 6.42 Å². The molecule has 0 saturated carbocycles. The average Bonchev–Trinajstić information content (AvgIpc) is 2.15. The SMILES string of the molecule is COc1c(O)cc(CC(C)O)cc1C#N. The Morgan fingerprint density at radius 1 is 1.53 bits per heavy atom. The molecule has 2 N–H and O–H groups in total. The first-order chi connectivity index (χ1) is 7.08. The lowest BCUT2D eigenvalue weighted by Gasteiger charge is -2.09. The van der Waals surface area contributed by atoms with Gasteiger partial charge >= 0.3 is 0 Å². The normalized spacial score (nSPS) is 11.9. The summed E-state index contributed by atoms with van der Waals surface area (Å²) in [7, 11) is 1.39. The van der Waals surface area contributed by atoms with E-state index in [-0.39, 0.29) is 17.1 Å². The Kier molecular flexibility index (Phi) is 3.53. The van der Waals surface area contributed by atoms with Gasteiger partial charge in [0, 0.05) is 0 Å². The van der Waals surface area contributed by atoms with Crippen LogP contribution in [-0.4, -0.2) is 23.4 Å². The zero-order valence-corrected chi connectivity index (χ0v) is 8.69. The average molecular weight is 207 g/mol. The molecule has 0 aliphatic rings. The van der Waals surface area contributed by atoms with Crippen LogP contribution in [0.25, 0.3) is 0 Å². The Bertz CT molecular complexity index is 394. The number of aliphatic hydroxyl groups excluding tert-OH is 1. The van der Waals surface area contributed by atoms with Crippen molar-refractivity contribution in [2.75, 3.05) is 7.11 Å². The summed E-state index contributed by atoms with van der Waals surface area (Å²) in [4.78, 5) is 0. The fraction of sp³-hybridized carbons (Fsp3) is 0.364. The second-order valence-corrected chi connectivity index (χ2v) is 3.36. The number of nitriles is 1. The molecule has 1 aromatic rings. The van der Waals surface area contributed by atoms with Gasteiger partial charge in [0.05, 0.1) is 18.8 Å². The van der Waals surface area contributed by atoms with E-state index in [1.165, 1.54) is 13.2 Å². The van der Waals surface area contributed by atoms with Gasteiger partial charge < -0.3 is 14.9 Å². The Labute approximate surface area is 88.4 Å². The summed E-state index contributed by atoms with van der Waals surface area (Å²) in [6.07, 6.45) is -0.115. The second-order valence-electron chi connectivity index (χ2n) is 3.36. The summed E-state index contributed by atoms with van der Waals surface area (Å²) in [6, 6.07) is 5.03. The van der Waals surface area contributed by atoms with E-state index in [2.05, 4.69) is 0 Å². The number of aliphatic hydroxyl groups is 1. The molecule has 0 aromatic heterocycles. The third-order valence-corrected chi connectivity index (χ3v) is 1.98. The first-order valence-electron chi connectivity index (χ1n) is 4.56. The molecule has 1 unspecified atom stereocenters. The Hall–Kier alpha value is -1.73. The number of hydrogen-bond acceptors (Lipinski definition) is 4. The number of aromatic hydroxyl groups is 1. The maximum Gasteiger partial charge on any atom is 0.178 e. The van der Waals surface area contributed by atoms with E-state index in [4.69, 9.17) is 10.00 Å². The topological polar surface area (TPSA) is 73.5 Å². The largest absolute Gasteiger partial charge is 0.504 e. The zero-order chi connectivity index (χ0) is 11.4. The minimum Gasteiger partial charge on any atom is -0.504 e. The van der Waals surface area contributed by atoms with E-state index in [0.29, 0.717) is 12.0 Å². The van der Waals surface area contributed by atoms with Crippen LogP contribution >= 0.6 is 0 Å². The highest BCUT2D eigenvalue weighted by atomic mass is 16.5. The molecule has 1 atom stereocenters. The van der Waals surface area contributed by atoms with E-state index in [1.54, 1.807) is 13.0 Å². The van der Waals surface area contributed by atoms with Crippen LogP contribution in [0.15, 0.2) is 12.1 Å². The van der Waals surface area contributed by atoms with Gasteiger partial charge in [-0.2, -0.15) is 5.26 Å². The maximum absolute atomic E-state index is 9.56. The lowest BCUT2D eigenvalue weighted by atomic mass is 10.0. The summed E-state index contributed by atoms with van der Waals surface area (Å²) >= 11 is 0. The van der Waals surface area contributed by atoms with E-state index in [9.17, 15) is 10.2 Å². The molecule has 15 heavy (non-hydrogen) atoms. The molecule has 0 aliphatic heterocycles. The van der Waals surface area contributed by atoms with Gasteiger partial charge in [-0.05, 0) is 31.0 Å². The van der Waals surface area contributed by atoms with Crippen LogP contribution < -0.4 is 4.74 Å². The van der Waals surface area contributed by atoms with E-state index >= 15 is 0 Å². The first kappa shape index (κ1) is 11.3. The molecule has 0 saturated heterocycles. The maximum atomic E-state index is 9.56. The fourth-order valence-corrected chi connectivity index (χ4v) is 1.43. The number of hydrogen-bond donors (Lipinski definition) is 2. The molecule has 4 nitrogen and oxygen atoms in total. The molecule has 80 valence electrons. The van der Waals surface area contributed by atoms with E-state index in [0.717, 1.165) is 0 Å². The highest BCUT2D eigenvalue weighted by Crippen LogP contribution is 2.31. The molecule has 0 spiro atoms. The van der Waals surface area contributed by atoms with Crippen LogP contribution in [0.4, 0.5) is 0 Å². The predicted molar refractivity (Wildman–Crippen MR) is 54.8 cm³/mol. The van der Waals surface area contributed by atoms with Crippen molar-refractivity contribution in [3.63, 3.8) is 0 Å². The number of ether oxygens (including phenoxy) is 1. The van der Waals surface area contributed by atoms with Gasteiger partial charge in [0.15, 0.2) is 11.5 Å². The third-order valence-electron chi connectivity index (χ3n) is 1.98. The van der Waals surface area contributed by atoms with Gasteiger partial charge in [-0.15, -0.1) is 0 Å². The molecule has 0 bridgehead atoms. The summed E-state index contributed by atoms with van der Waals surface area (Å²) in [5.41, 5.74) is 0.980. The van der Waals surface area contributed by atoms with E-state index < -0.39 is 6.10 Å². The number of phenolic OH excluding ortho intramolecular Hbond substituents is 1. The van der Waals surface area contributed by atoms with Crippen LogP contribution in [0.1, 0.15) is 18.1 Å². The Morgan fingerprint density at radius 2 is 2.20 bits per heavy atom. The van der Waals surface area contributed by atoms with Crippen molar-refractivity contribution in [3.05, 3.63) is 23.3 Å².